The fourth-order valence-electron chi connectivity index (χ4n) is 3.30. The van der Waals surface area contributed by atoms with Crippen molar-refractivity contribution in [2.75, 3.05) is 32.8 Å². The lowest BCUT2D eigenvalue weighted by molar-refractivity contribution is -0.129. The van der Waals surface area contributed by atoms with Crippen molar-refractivity contribution in [3.05, 3.63) is 30.1 Å². The van der Waals surface area contributed by atoms with Crippen molar-refractivity contribution in [1.29, 1.82) is 0 Å². The Morgan fingerprint density at radius 2 is 2.08 bits per heavy atom. The van der Waals surface area contributed by atoms with Crippen LogP contribution in [0.1, 0.15) is 13.3 Å². The Labute approximate surface area is 141 Å². The third kappa shape index (κ3) is 3.45. The smallest absolute Gasteiger partial charge is 0.243 e. The number of fused-ring (bicyclic) bond motifs is 1. The predicted octanol–water partition coefficient (Wildman–Crippen LogP) is 1.08. The maximum Gasteiger partial charge on any atom is 0.243 e. The average molecular weight is 356 g/mol. The molecule has 8 heteroatoms. The number of hydrogen-bond acceptors (Lipinski definition) is 4. The molecule has 0 saturated carbocycles. The van der Waals surface area contributed by atoms with Crippen molar-refractivity contribution in [3.8, 4) is 0 Å². The summed E-state index contributed by atoms with van der Waals surface area (Å²) in [4.78, 5) is 13.3. The lowest BCUT2D eigenvalue weighted by atomic mass is 9.94. The fraction of sp³-hybridized carbons (Fsp3) is 0.562. The van der Waals surface area contributed by atoms with Gasteiger partial charge in [0.25, 0.3) is 0 Å². The highest BCUT2D eigenvalue weighted by Crippen LogP contribution is 2.28. The monoisotopic (exact) mass is 356 g/mol. The molecule has 6 nitrogen and oxygen atoms in total. The van der Waals surface area contributed by atoms with Gasteiger partial charge >= 0.3 is 0 Å². The highest BCUT2D eigenvalue weighted by atomic mass is 32.2. The highest BCUT2D eigenvalue weighted by Gasteiger charge is 2.38. The standard InChI is InChI=1S/C16H21FN2O4S/c1-12(20)18-7-8-23-16-11-19(6-5-13(16)10-18)24(21,22)15-4-2-3-14(17)9-15/h2-4,9,13,16H,5-8,10-11H2,1H3/t13-,16-/m0/s1. The zero-order chi connectivity index (χ0) is 17.3. The summed E-state index contributed by atoms with van der Waals surface area (Å²) in [5, 5.41) is 0. The van der Waals surface area contributed by atoms with Gasteiger partial charge in [-0.05, 0) is 24.6 Å². The first-order chi connectivity index (χ1) is 11.4. The number of carbonyl (C=O) groups is 1. The van der Waals surface area contributed by atoms with Crippen molar-refractivity contribution in [1.82, 2.24) is 9.21 Å². The molecule has 1 aromatic rings. The zero-order valence-electron chi connectivity index (χ0n) is 13.5. The van der Waals surface area contributed by atoms with Gasteiger partial charge in [0, 0.05) is 39.0 Å². The van der Waals surface area contributed by atoms with Crippen LogP contribution in [-0.4, -0.2) is 62.4 Å². The Hall–Kier alpha value is -1.51. The molecule has 0 aliphatic carbocycles. The van der Waals surface area contributed by atoms with Gasteiger partial charge in [0.2, 0.25) is 15.9 Å². The molecule has 2 aliphatic rings. The second-order valence-corrected chi connectivity index (χ2v) is 8.18. The normalized spacial score (nSPS) is 25.8. The van der Waals surface area contributed by atoms with Gasteiger partial charge in [0.15, 0.2) is 0 Å². The number of ether oxygens (including phenoxy) is 1. The number of benzene rings is 1. The van der Waals surface area contributed by atoms with Gasteiger partial charge in [0.05, 0.1) is 17.6 Å². The van der Waals surface area contributed by atoms with Crippen LogP contribution in [0.15, 0.2) is 29.2 Å². The largest absolute Gasteiger partial charge is 0.375 e. The van der Waals surface area contributed by atoms with Crippen LogP contribution in [0.5, 0.6) is 0 Å². The second kappa shape index (κ2) is 6.78. The quantitative estimate of drug-likeness (QED) is 0.795. The molecule has 2 atom stereocenters. The topological polar surface area (TPSA) is 66.9 Å². The minimum absolute atomic E-state index is 0.00839. The van der Waals surface area contributed by atoms with Crippen molar-refractivity contribution in [3.63, 3.8) is 0 Å². The lowest BCUT2D eigenvalue weighted by Crippen LogP contribution is -2.49. The van der Waals surface area contributed by atoms with Gasteiger partial charge in [0.1, 0.15) is 5.82 Å². The van der Waals surface area contributed by atoms with E-state index in [1.807, 2.05) is 0 Å². The van der Waals surface area contributed by atoms with Crippen LogP contribution < -0.4 is 0 Å². The van der Waals surface area contributed by atoms with Crippen LogP contribution in [-0.2, 0) is 19.6 Å². The molecule has 0 aromatic heterocycles. The minimum Gasteiger partial charge on any atom is -0.375 e. The molecule has 2 heterocycles. The highest BCUT2D eigenvalue weighted by molar-refractivity contribution is 7.89. The molecule has 24 heavy (non-hydrogen) atoms. The van der Waals surface area contributed by atoms with Crippen molar-refractivity contribution in [2.24, 2.45) is 5.92 Å². The Morgan fingerprint density at radius 3 is 2.79 bits per heavy atom. The van der Waals surface area contributed by atoms with E-state index in [9.17, 15) is 17.6 Å². The lowest BCUT2D eigenvalue weighted by Gasteiger charge is -2.37. The summed E-state index contributed by atoms with van der Waals surface area (Å²) in [7, 11) is -3.74. The van der Waals surface area contributed by atoms with E-state index in [1.54, 1.807) is 4.90 Å². The molecule has 1 amide bonds. The van der Waals surface area contributed by atoms with Crippen LogP contribution in [0.4, 0.5) is 4.39 Å². The summed E-state index contributed by atoms with van der Waals surface area (Å²) < 4.78 is 45.9. The Morgan fingerprint density at radius 1 is 1.29 bits per heavy atom. The SMILES string of the molecule is CC(=O)N1CCO[C@H]2CN(S(=O)(=O)c3cccc(F)c3)CC[C@H]2C1. The van der Waals surface area contributed by atoms with Gasteiger partial charge in [-0.15, -0.1) is 0 Å². The number of nitrogens with zero attached hydrogens (tertiary/aromatic N) is 2. The van der Waals surface area contributed by atoms with E-state index in [0.717, 1.165) is 6.07 Å². The molecule has 2 fully saturated rings. The third-order valence-corrected chi connectivity index (χ3v) is 6.55. The first kappa shape index (κ1) is 17.3. The van der Waals surface area contributed by atoms with E-state index in [1.165, 1.54) is 29.4 Å². The summed E-state index contributed by atoms with van der Waals surface area (Å²) in [5.74, 6) is -0.446. The number of piperidine rings is 1. The van der Waals surface area contributed by atoms with E-state index in [0.29, 0.717) is 32.7 Å². The summed E-state index contributed by atoms with van der Waals surface area (Å²) in [6.45, 7) is 3.62. The predicted molar refractivity (Wildman–Crippen MR) is 85.3 cm³/mol. The van der Waals surface area contributed by atoms with E-state index in [4.69, 9.17) is 4.74 Å². The summed E-state index contributed by atoms with van der Waals surface area (Å²) >= 11 is 0. The number of hydrogen-bond donors (Lipinski definition) is 0. The van der Waals surface area contributed by atoms with Crippen LogP contribution in [0, 0.1) is 11.7 Å². The fourth-order valence-corrected chi connectivity index (χ4v) is 4.80. The zero-order valence-corrected chi connectivity index (χ0v) is 14.3. The molecule has 2 saturated heterocycles. The van der Waals surface area contributed by atoms with Gasteiger partial charge in [-0.1, -0.05) is 6.07 Å². The van der Waals surface area contributed by atoms with E-state index >= 15 is 0 Å². The van der Waals surface area contributed by atoms with Gasteiger partial charge in [-0.3, -0.25) is 4.79 Å². The number of halogens is 1. The molecule has 132 valence electrons. The molecular formula is C16H21FN2O4S. The summed E-state index contributed by atoms with van der Waals surface area (Å²) in [6.07, 6.45) is 0.370. The van der Waals surface area contributed by atoms with E-state index < -0.39 is 15.8 Å². The third-order valence-electron chi connectivity index (χ3n) is 4.69. The Kier molecular flexibility index (Phi) is 4.89. The number of sulfonamides is 1. The maximum atomic E-state index is 13.4. The molecule has 2 aliphatic heterocycles. The molecule has 1 aromatic carbocycles. The average Bonchev–Trinajstić information content (AvgIpc) is 2.76. The first-order valence-electron chi connectivity index (χ1n) is 8.01. The van der Waals surface area contributed by atoms with Crippen LogP contribution in [0.3, 0.4) is 0 Å². The molecule has 0 radical (unpaired) electrons. The number of amides is 1. The first-order valence-corrected chi connectivity index (χ1v) is 9.45. The Balaban J connectivity index is 1.76. The molecule has 0 spiro atoms. The molecule has 3 rings (SSSR count). The van der Waals surface area contributed by atoms with E-state index in [2.05, 4.69) is 0 Å². The molecule has 0 bridgehead atoms. The van der Waals surface area contributed by atoms with Crippen molar-refractivity contribution >= 4 is 15.9 Å². The van der Waals surface area contributed by atoms with Gasteiger partial charge in [-0.2, -0.15) is 4.31 Å². The second-order valence-electron chi connectivity index (χ2n) is 6.24. The summed E-state index contributed by atoms with van der Waals surface area (Å²) in [5.41, 5.74) is 0. The number of rotatable bonds is 2. The molecular weight excluding hydrogens is 335 g/mol. The van der Waals surface area contributed by atoms with Gasteiger partial charge < -0.3 is 9.64 Å². The number of carbonyl (C=O) groups excluding carboxylic acids is 1. The van der Waals surface area contributed by atoms with Gasteiger partial charge in [-0.25, -0.2) is 12.8 Å². The molecule has 0 unspecified atom stereocenters. The minimum atomic E-state index is -3.74. The molecule has 0 N–H and O–H groups in total. The summed E-state index contributed by atoms with van der Waals surface area (Å²) in [6, 6.07) is 5.04. The maximum absolute atomic E-state index is 13.4. The van der Waals surface area contributed by atoms with Crippen LogP contribution in [0.2, 0.25) is 0 Å². The van der Waals surface area contributed by atoms with Crippen molar-refractivity contribution < 1.29 is 22.3 Å². The van der Waals surface area contributed by atoms with Crippen LogP contribution >= 0.6 is 0 Å². The van der Waals surface area contributed by atoms with Crippen LogP contribution in [0.25, 0.3) is 0 Å². The van der Waals surface area contributed by atoms with E-state index in [-0.39, 0.29) is 29.4 Å². The Bertz CT molecular complexity index is 725. The van der Waals surface area contributed by atoms with Crippen molar-refractivity contribution in [2.45, 2.75) is 24.3 Å².